The summed E-state index contributed by atoms with van der Waals surface area (Å²) in [6, 6.07) is 7.94. The number of fused-ring (bicyclic) bond motifs is 1. The molecule has 20 heavy (non-hydrogen) atoms. The Hall–Kier alpha value is -1.52. The molecule has 5 heteroatoms. The molecule has 0 unspecified atom stereocenters. The highest BCUT2D eigenvalue weighted by Crippen LogP contribution is 2.20. The highest BCUT2D eigenvalue weighted by Gasteiger charge is 2.16. The van der Waals surface area contributed by atoms with Crippen molar-refractivity contribution >= 4 is 28.4 Å². The molecule has 0 bridgehead atoms. The number of carbonyl (C=O) groups is 1. The molecule has 1 amide bonds. The molecule has 0 radical (unpaired) electrons. The largest absolute Gasteiger partial charge is 0.381 e. The maximum atomic E-state index is 12.1. The molecule has 0 atom stereocenters. The molecule has 2 heterocycles. The van der Waals surface area contributed by atoms with E-state index in [-0.39, 0.29) is 11.9 Å². The van der Waals surface area contributed by atoms with E-state index in [1.54, 1.807) is 0 Å². The minimum absolute atomic E-state index is 0.0365. The summed E-state index contributed by atoms with van der Waals surface area (Å²) in [6.45, 7) is 1.78. The van der Waals surface area contributed by atoms with E-state index in [2.05, 4.69) is 5.32 Å². The Kier molecular flexibility index (Phi) is 3.94. The zero-order chi connectivity index (χ0) is 13.9. The molecule has 0 saturated carbocycles. The molecule has 2 aromatic rings. The molecule has 1 aromatic carbocycles. The smallest absolute Gasteiger partial charge is 0.240 e. The van der Waals surface area contributed by atoms with Gasteiger partial charge in [0.25, 0.3) is 0 Å². The van der Waals surface area contributed by atoms with Gasteiger partial charge in [0, 0.05) is 36.0 Å². The molecule has 0 spiro atoms. The zero-order valence-electron chi connectivity index (χ0n) is 11.1. The van der Waals surface area contributed by atoms with Crippen LogP contribution in [0.3, 0.4) is 0 Å². The van der Waals surface area contributed by atoms with E-state index in [4.69, 9.17) is 16.3 Å². The summed E-state index contributed by atoms with van der Waals surface area (Å²) in [5.74, 6) is 0.0365. The second kappa shape index (κ2) is 5.85. The molecule has 1 aromatic heterocycles. The van der Waals surface area contributed by atoms with Crippen molar-refractivity contribution in [3.63, 3.8) is 0 Å². The summed E-state index contributed by atoms with van der Waals surface area (Å²) in [5, 5.41) is 4.84. The van der Waals surface area contributed by atoms with Crippen LogP contribution in [0.15, 0.2) is 30.5 Å². The van der Waals surface area contributed by atoms with Crippen LogP contribution in [0.2, 0.25) is 5.02 Å². The lowest BCUT2D eigenvalue weighted by Crippen LogP contribution is -2.40. The highest BCUT2D eigenvalue weighted by atomic mass is 35.5. The summed E-state index contributed by atoms with van der Waals surface area (Å²) in [5.41, 5.74) is 0.986. The van der Waals surface area contributed by atoms with Gasteiger partial charge in [-0.1, -0.05) is 17.7 Å². The predicted octanol–water partition coefficient (Wildman–Crippen LogP) is 2.59. The van der Waals surface area contributed by atoms with Crippen molar-refractivity contribution in [2.24, 2.45) is 0 Å². The van der Waals surface area contributed by atoms with E-state index >= 15 is 0 Å². The molecule has 106 valence electrons. The number of rotatable bonds is 3. The Morgan fingerprint density at radius 1 is 1.35 bits per heavy atom. The van der Waals surface area contributed by atoms with Crippen LogP contribution in [-0.2, 0) is 16.1 Å². The van der Waals surface area contributed by atoms with Crippen LogP contribution in [0.1, 0.15) is 12.8 Å². The molecule has 1 saturated heterocycles. The number of nitrogens with one attached hydrogen (secondary N) is 1. The van der Waals surface area contributed by atoms with Gasteiger partial charge in [-0.05, 0) is 36.4 Å². The first kappa shape index (κ1) is 13.5. The van der Waals surface area contributed by atoms with Crippen molar-refractivity contribution < 1.29 is 9.53 Å². The quantitative estimate of drug-likeness (QED) is 0.945. The number of amides is 1. The molecule has 3 rings (SSSR count). The number of halogens is 1. The first-order valence-corrected chi connectivity index (χ1v) is 7.22. The third-order valence-corrected chi connectivity index (χ3v) is 3.87. The highest BCUT2D eigenvalue weighted by molar-refractivity contribution is 6.31. The van der Waals surface area contributed by atoms with E-state index in [1.807, 2.05) is 35.0 Å². The summed E-state index contributed by atoms with van der Waals surface area (Å²) in [6.07, 6.45) is 3.71. The van der Waals surface area contributed by atoms with Crippen LogP contribution < -0.4 is 5.32 Å². The number of ether oxygens (including phenoxy) is 1. The molecule has 1 aliphatic heterocycles. The number of hydrogen-bond acceptors (Lipinski definition) is 2. The van der Waals surface area contributed by atoms with Gasteiger partial charge in [0.1, 0.15) is 6.54 Å². The fourth-order valence-corrected chi connectivity index (χ4v) is 2.73. The van der Waals surface area contributed by atoms with Crippen molar-refractivity contribution in [2.45, 2.75) is 25.4 Å². The van der Waals surface area contributed by atoms with Gasteiger partial charge in [-0.3, -0.25) is 4.79 Å². The van der Waals surface area contributed by atoms with Gasteiger partial charge in [-0.2, -0.15) is 0 Å². The monoisotopic (exact) mass is 292 g/mol. The second-order valence-electron chi connectivity index (χ2n) is 5.10. The lowest BCUT2D eigenvalue weighted by Gasteiger charge is -2.23. The Morgan fingerprint density at radius 2 is 2.15 bits per heavy atom. The SMILES string of the molecule is O=C(Cn1ccc2ccc(Cl)cc21)NC1CCOCC1. The minimum atomic E-state index is 0.0365. The van der Waals surface area contributed by atoms with Crippen molar-refractivity contribution in [1.29, 1.82) is 0 Å². The van der Waals surface area contributed by atoms with Crippen LogP contribution >= 0.6 is 11.6 Å². The van der Waals surface area contributed by atoms with E-state index in [1.165, 1.54) is 0 Å². The third kappa shape index (κ3) is 2.97. The van der Waals surface area contributed by atoms with Crippen molar-refractivity contribution in [3.05, 3.63) is 35.5 Å². The number of carbonyl (C=O) groups excluding carboxylic acids is 1. The predicted molar refractivity (Wildman–Crippen MR) is 78.9 cm³/mol. The molecular weight excluding hydrogens is 276 g/mol. The van der Waals surface area contributed by atoms with E-state index in [9.17, 15) is 4.79 Å². The third-order valence-electron chi connectivity index (χ3n) is 3.64. The molecule has 0 aliphatic carbocycles. The molecule has 4 nitrogen and oxygen atoms in total. The maximum Gasteiger partial charge on any atom is 0.240 e. The minimum Gasteiger partial charge on any atom is -0.381 e. The second-order valence-corrected chi connectivity index (χ2v) is 5.54. The van der Waals surface area contributed by atoms with Gasteiger partial charge in [0.15, 0.2) is 0 Å². The van der Waals surface area contributed by atoms with Gasteiger partial charge in [0.2, 0.25) is 5.91 Å². The zero-order valence-corrected chi connectivity index (χ0v) is 11.9. The van der Waals surface area contributed by atoms with Crippen molar-refractivity contribution in [2.75, 3.05) is 13.2 Å². The first-order valence-electron chi connectivity index (χ1n) is 6.84. The van der Waals surface area contributed by atoms with E-state index in [0.717, 1.165) is 37.0 Å². The van der Waals surface area contributed by atoms with Crippen LogP contribution in [0.4, 0.5) is 0 Å². The Labute approximate surface area is 122 Å². The number of benzene rings is 1. The first-order chi connectivity index (χ1) is 9.72. The van der Waals surface area contributed by atoms with Crippen LogP contribution in [-0.4, -0.2) is 29.7 Å². The lowest BCUT2D eigenvalue weighted by molar-refractivity contribution is -0.122. The van der Waals surface area contributed by atoms with Gasteiger partial charge in [-0.15, -0.1) is 0 Å². The van der Waals surface area contributed by atoms with Crippen molar-refractivity contribution in [3.8, 4) is 0 Å². The normalized spacial score (nSPS) is 16.4. The Bertz CT molecular complexity index is 617. The number of aromatic nitrogens is 1. The summed E-state index contributed by atoms with van der Waals surface area (Å²) in [7, 11) is 0. The standard InChI is InChI=1S/C15H17ClN2O2/c16-12-2-1-11-3-6-18(14(11)9-12)10-15(19)17-13-4-7-20-8-5-13/h1-3,6,9,13H,4-5,7-8,10H2,(H,17,19). The molecule has 1 N–H and O–H groups in total. The van der Waals surface area contributed by atoms with Gasteiger partial charge < -0.3 is 14.6 Å². The fourth-order valence-electron chi connectivity index (χ4n) is 2.56. The molecular formula is C15H17ClN2O2. The maximum absolute atomic E-state index is 12.1. The summed E-state index contributed by atoms with van der Waals surface area (Å²) in [4.78, 5) is 12.1. The van der Waals surface area contributed by atoms with E-state index < -0.39 is 0 Å². The van der Waals surface area contributed by atoms with Gasteiger partial charge >= 0.3 is 0 Å². The van der Waals surface area contributed by atoms with Crippen LogP contribution in [0, 0.1) is 0 Å². The van der Waals surface area contributed by atoms with Crippen LogP contribution in [0.25, 0.3) is 10.9 Å². The van der Waals surface area contributed by atoms with Gasteiger partial charge in [0.05, 0.1) is 0 Å². The topological polar surface area (TPSA) is 43.3 Å². The number of nitrogens with zero attached hydrogens (tertiary/aromatic N) is 1. The molecule has 1 fully saturated rings. The fraction of sp³-hybridized carbons (Fsp3) is 0.400. The molecule has 1 aliphatic rings. The van der Waals surface area contributed by atoms with Crippen molar-refractivity contribution in [1.82, 2.24) is 9.88 Å². The summed E-state index contributed by atoms with van der Waals surface area (Å²) >= 11 is 6.01. The Balaban J connectivity index is 1.69. The number of hydrogen-bond donors (Lipinski definition) is 1. The van der Waals surface area contributed by atoms with E-state index in [0.29, 0.717) is 11.6 Å². The lowest BCUT2D eigenvalue weighted by atomic mass is 10.1. The van der Waals surface area contributed by atoms with Gasteiger partial charge in [-0.25, -0.2) is 0 Å². The van der Waals surface area contributed by atoms with Crippen LogP contribution in [0.5, 0.6) is 0 Å². The average molecular weight is 293 g/mol. The summed E-state index contributed by atoms with van der Waals surface area (Å²) < 4.78 is 7.21. The average Bonchev–Trinajstić information content (AvgIpc) is 2.82. The Morgan fingerprint density at radius 3 is 2.95 bits per heavy atom.